The van der Waals surface area contributed by atoms with E-state index in [2.05, 4.69) is 10.3 Å². The largest absolute Gasteiger partial charge is 0.487 e. The molecular weight excluding hydrogens is 270 g/mol. The zero-order valence-corrected chi connectivity index (χ0v) is 11.3. The predicted molar refractivity (Wildman–Crippen MR) is 70.2 cm³/mol. The molecule has 0 atom stereocenters. The SMILES string of the molecule is CCNCc1nc(COc2ccc(F)c(F)c2)cs1. The van der Waals surface area contributed by atoms with Crippen LogP contribution < -0.4 is 10.1 Å². The molecule has 6 heteroatoms. The van der Waals surface area contributed by atoms with Gasteiger partial charge in [0.15, 0.2) is 11.6 Å². The molecule has 19 heavy (non-hydrogen) atoms. The number of nitrogens with zero attached hydrogens (tertiary/aromatic N) is 1. The van der Waals surface area contributed by atoms with E-state index in [1.807, 2.05) is 12.3 Å². The van der Waals surface area contributed by atoms with Gasteiger partial charge in [0, 0.05) is 18.0 Å². The Labute approximate surface area is 114 Å². The van der Waals surface area contributed by atoms with E-state index in [1.54, 1.807) is 11.3 Å². The lowest BCUT2D eigenvalue weighted by Gasteiger charge is -2.04. The van der Waals surface area contributed by atoms with Crippen LogP contribution in [0.15, 0.2) is 23.6 Å². The van der Waals surface area contributed by atoms with Gasteiger partial charge in [-0.05, 0) is 18.7 Å². The zero-order valence-electron chi connectivity index (χ0n) is 10.5. The molecule has 0 aliphatic carbocycles. The Hall–Kier alpha value is -1.53. The molecule has 1 aromatic carbocycles. The summed E-state index contributed by atoms with van der Waals surface area (Å²) in [5.74, 6) is -1.50. The smallest absolute Gasteiger partial charge is 0.162 e. The minimum absolute atomic E-state index is 0.244. The molecule has 102 valence electrons. The van der Waals surface area contributed by atoms with Gasteiger partial charge in [-0.2, -0.15) is 0 Å². The average molecular weight is 284 g/mol. The van der Waals surface area contributed by atoms with Gasteiger partial charge in [0.05, 0.1) is 5.69 Å². The number of hydrogen-bond donors (Lipinski definition) is 1. The van der Waals surface area contributed by atoms with Crippen molar-refractivity contribution in [2.75, 3.05) is 6.54 Å². The Bertz CT molecular complexity index is 545. The molecule has 0 spiro atoms. The Morgan fingerprint density at radius 2 is 2.16 bits per heavy atom. The molecule has 0 aliphatic rings. The first-order valence-corrected chi connectivity index (χ1v) is 6.79. The lowest BCUT2D eigenvalue weighted by atomic mass is 10.3. The summed E-state index contributed by atoms with van der Waals surface area (Å²) < 4.78 is 31.1. The van der Waals surface area contributed by atoms with Crippen molar-refractivity contribution in [3.8, 4) is 5.75 Å². The molecule has 1 heterocycles. The molecule has 0 radical (unpaired) electrons. The Morgan fingerprint density at radius 3 is 2.89 bits per heavy atom. The van der Waals surface area contributed by atoms with Gasteiger partial charge in [-0.1, -0.05) is 6.92 Å². The van der Waals surface area contributed by atoms with Crippen molar-refractivity contribution in [1.29, 1.82) is 0 Å². The third kappa shape index (κ3) is 3.97. The van der Waals surface area contributed by atoms with E-state index in [-0.39, 0.29) is 6.61 Å². The van der Waals surface area contributed by atoms with Gasteiger partial charge in [-0.25, -0.2) is 13.8 Å². The van der Waals surface area contributed by atoms with Crippen LogP contribution in [0.25, 0.3) is 0 Å². The van der Waals surface area contributed by atoms with Crippen molar-refractivity contribution in [3.63, 3.8) is 0 Å². The van der Waals surface area contributed by atoms with Crippen molar-refractivity contribution in [3.05, 3.63) is 45.9 Å². The first kappa shape index (κ1) is 13.9. The summed E-state index contributed by atoms with van der Waals surface area (Å²) in [5.41, 5.74) is 0.780. The van der Waals surface area contributed by atoms with Gasteiger partial charge in [0.1, 0.15) is 17.4 Å². The third-order valence-electron chi connectivity index (χ3n) is 2.40. The topological polar surface area (TPSA) is 34.2 Å². The fourth-order valence-corrected chi connectivity index (χ4v) is 2.20. The lowest BCUT2D eigenvalue weighted by molar-refractivity contribution is 0.299. The molecule has 2 aromatic rings. The first-order chi connectivity index (χ1) is 9.19. The molecule has 0 saturated carbocycles. The highest BCUT2D eigenvalue weighted by Gasteiger charge is 2.05. The number of ether oxygens (including phenoxy) is 1. The van der Waals surface area contributed by atoms with Crippen LogP contribution in [0.1, 0.15) is 17.6 Å². The van der Waals surface area contributed by atoms with E-state index >= 15 is 0 Å². The summed E-state index contributed by atoms with van der Waals surface area (Å²) in [5, 5.41) is 6.05. The molecule has 0 aliphatic heterocycles. The number of rotatable bonds is 6. The highest BCUT2D eigenvalue weighted by molar-refractivity contribution is 7.09. The van der Waals surface area contributed by atoms with Gasteiger partial charge < -0.3 is 10.1 Å². The van der Waals surface area contributed by atoms with Crippen LogP contribution in [0.4, 0.5) is 8.78 Å². The van der Waals surface area contributed by atoms with Crippen LogP contribution in [0.3, 0.4) is 0 Å². The minimum atomic E-state index is -0.913. The standard InChI is InChI=1S/C13H14F2N2OS/c1-2-16-6-13-17-9(8-19-13)7-18-10-3-4-11(14)12(15)5-10/h3-5,8,16H,2,6-7H2,1H3. The average Bonchev–Trinajstić information content (AvgIpc) is 2.86. The molecule has 0 fully saturated rings. The van der Waals surface area contributed by atoms with Crippen LogP contribution in [0.5, 0.6) is 5.75 Å². The van der Waals surface area contributed by atoms with E-state index in [4.69, 9.17) is 4.74 Å². The fraction of sp³-hybridized carbons (Fsp3) is 0.308. The van der Waals surface area contributed by atoms with Crippen LogP contribution in [0, 0.1) is 11.6 Å². The van der Waals surface area contributed by atoms with Gasteiger partial charge in [-0.15, -0.1) is 11.3 Å². The van der Waals surface area contributed by atoms with Crippen LogP contribution in [0.2, 0.25) is 0 Å². The maximum atomic E-state index is 13.0. The zero-order chi connectivity index (χ0) is 13.7. The minimum Gasteiger partial charge on any atom is -0.487 e. The van der Waals surface area contributed by atoms with E-state index in [0.717, 1.165) is 35.9 Å². The molecule has 0 amide bonds. The van der Waals surface area contributed by atoms with Crippen molar-refractivity contribution in [1.82, 2.24) is 10.3 Å². The number of halogens is 2. The number of aromatic nitrogens is 1. The van der Waals surface area contributed by atoms with Crippen LogP contribution in [-0.4, -0.2) is 11.5 Å². The summed E-state index contributed by atoms with van der Waals surface area (Å²) in [6, 6.07) is 3.47. The summed E-state index contributed by atoms with van der Waals surface area (Å²) >= 11 is 1.54. The number of benzene rings is 1. The third-order valence-corrected chi connectivity index (χ3v) is 3.30. The van der Waals surface area contributed by atoms with Crippen molar-refractivity contribution in [2.45, 2.75) is 20.1 Å². The van der Waals surface area contributed by atoms with Crippen molar-refractivity contribution in [2.24, 2.45) is 0 Å². The quantitative estimate of drug-likeness (QED) is 0.885. The van der Waals surface area contributed by atoms with Gasteiger partial charge >= 0.3 is 0 Å². The number of hydrogen-bond acceptors (Lipinski definition) is 4. The van der Waals surface area contributed by atoms with Gasteiger partial charge in [0.2, 0.25) is 0 Å². The first-order valence-electron chi connectivity index (χ1n) is 5.91. The van der Waals surface area contributed by atoms with Crippen LogP contribution >= 0.6 is 11.3 Å². The molecular formula is C13H14F2N2OS. The van der Waals surface area contributed by atoms with E-state index in [9.17, 15) is 8.78 Å². The second-order valence-electron chi connectivity index (χ2n) is 3.88. The molecule has 1 aromatic heterocycles. The second kappa shape index (κ2) is 6.58. The van der Waals surface area contributed by atoms with E-state index in [1.165, 1.54) is 6.07 Å². The maximum Gasteiger partial charge on any atom is 0.162 e. The molecule has 2 rings (SSSR count). The molecule has 0 unspecified atom stereocenters. The Balaban J connectivity index is 1.91. The van der Waals surface area contributed by atoms with Crippen molar-refractivity contribution < 1.29 is 13.5 Å². The Kier molecular flexibility index (Phi) is 4.81. The van der Waals surface area contributed by atoms with Gasteiger partial charge in [0.25, 0.3) is 0 Å². The van der Waals surface area contributed by atoms with Crippen LogP contribution in [-0.2, 0) is 13.2 Å². The molecule has 0 saturated heterocycles. The number of nitrogens with one attached hydrogen (secondary N) is 1. The van der Waals surface area contributed by atoms with E-state index < -0.39 is 11.6 Å². The number of thiazole rings is 1. The normalized spacial score (nSPS) is 10.7. The maximum absolute atomic E-state index is 13.0. The monoisotopic (exact) mass is 284 g/mol. The fourth-order valence-electron chi connectivity index (χ4n) is 1.45. The summed E-state index contributed by atoms with van der Waals surface area (Å²) in [7, 11) is 0. The summed E-state index contributed by atoms with van der Waals surface area (Å²) in [6.45, 7) is 3.89. The highest BCUT2D eigenvalue weighted by atomic mass is 32.1. The molecule has 0 bridgehead atoms. The predicted octanol–water partition coefficient (Wildman–Crippen LogP) is 3.11. The molecule has 3 nitrogen and oxygen atoms in total. The van der Waals surface area contributed by atoms with Gasteiger partial charge in [-0.3, -0.25) is 0 Å². The summed E-state index contributed by atoms with van der Waals surface area (Å²) in [4.78, 5) is 4.37. The second-order valence-corrected chi connectivity index (χ2v) is 4.82. The Morgan fingerprint density at radius 1 is 1.32 bits per heavy atom. The molecule has 1 N–H and O–H groups in total. The van der Waals surface area contributed by atoms with E-state index in [0.29, 0.717) is 5.75 Å². The summed E-state index contributed by atoms with van der Waals surface area (Å²) in [6.07, 6.45) is 0. The highest BCUT2D eigenvalue weighted by Crippen LogP contribution is 2.17. The van der Waals surface area contributed by atoms with Crippen molar-refractivity contribution >= 4 is 11.3 Å². The lowest BCUT2D eigenvalue weighted by Crippen LogP contribution is -2.11.